The number of aliphatic hydroxyl groups excluding tert-OH is 1. The van der Waals surface area contributed by atoms with Gasteiger partial charge in [-0.25, -0.2) is 4.79 Å². The van der Waals surface area contributed by atoms with E-state index in [0.29, 0.717) is 5.56 Å². The van der Waals surface area contributed by atoms with Crippen molar-refractivity contribution in [2.45, 2.75) is 6.10 Å². The monoisotopic (exact) mass is 304 g/mol. The summed E-state index contributed by atoms with van der Waals surface area (Å²) in [5.41, 5.74) is 4.47. The number of aromatic nitrogens is 2. The molecule has 1 atom stereocenters. The number of anilines is 2. The van der Waals surface area contributed by atoms with E-state index in [0.717, 1.165) is 9.13 Å². The summed E-state index contributed by atoms with van der Waals surface area (Å²) in [6, 6.07) is 8.24. The van der Waals surface area contributed by atoms with Crippen molar-refractivity contribution in [3.05, 3.63) is 56.7 Å². The van der Waals surface area contributed by atoms with Crippen LogP contribution in [0.1, 0.15) is 11.7 Å². The SMILES string of the molecule is Cn1c(N)c(NC(=O)[C@@H](O)c2ccccc2)c(=O)n(C)c1=O. The summed E-state index contributed by atoms with van der Waals surface area (Å²) in [5.74, 6) is -0.990. The predicted octanol–water partition coefficient (Wildman–Crippen LogP) is -0.662. The lowest BCUT2D eigenvalue weighted by atomic mass is 10.1. The standard InChI is InChI=1S/C14H16N4O4/c1-17-11(15)9(13(21)18(2)14(17)22)16-12(20)10(19)8-6-4-3-5-7-8/h3-7,10,19H,15H2,1-2H3,(H,16,20)/t10-/m0/s1. The summed E-state index contributed by atoms with van der Waals surface area (Å²) < 4.78 is 1.85. The normalized spacial score (nSPS) is 12.0. The second-order valence-corrected chi connectivity index (χ2v) is 4.77. The van der Waals surface area contributed by atoms with Crippen LogP contribution < -0.4 is 22.3 Å². The molecule has 22 heavy (non-hydrogen) atoms. The Labute approximate surface area is 125 Å². The van der Waals surface area contributed by atoms with Gasteiger partial charge in [-0.3, -0.25) is 18.7 Å². The maximum atomic E-state index is 12.1. The first-order chi connectivity index (χ1) is 10.3. The molecule has 0 fully saturated rings. The average Bonchev–Trinajstić information content (AvgIpc) is 2.55. The Morgan fingerprint density at radius 1 is 1.18 bits per heavy atom. The van der Waals surface area contributed by atoms with E-state index < -0.39 is 23.3 Å². The van der Waals surface area contributed by atoms with E-state index in [4.69, 9.17) is 5.73 Å². The molecule has 2 aromatic rings. The number of nitrogen functional groups attached to an aromatic ring is 1. The highest BCUT2D eigenvalue weighted by Gasteiger charge is 2.21. The van der Waals surface area contributed by atoms with E-state index in [1.165, 1.54) is 14.1 Å². The van der Waals surface area contributed by atoms with Crippen LogP contribution in [0.15, 0.2) is 39.9 Å². The molecule has 1 amide bonds. The van der Waals surface area contributed by atoms with Gasteiger partial charge < -0.3 is 16.2 Å². The molecule has 0 unspecified atom stereocenters. The number of hydrogen-bond acceptors (Lipinski definition) is 5. The van der Waals surface area contributed by atoms with E-state index in [-0.39, 0.29) is 11.5 Å². The molecular weight excluding hydrogens is 288 g/mol. The van der Waals surface area contributed by atoms with E-state index in [9.17, 15) is 19.5 Å². The minimum atomic E-state index is -1.46. The van der Waals surface area contributed by atoms with Gasteiger partial charge in [0, 0.05) is 14.1 Å². The zero-order chi connectivity index (χ0) is 16.4. The summed E-state index contributed by atoms with van der Waals surface area (Å²) in [7, 11) is 2.65. The number of nitrogens with two attached hydrogens (primary N) is 1. The van der Waals surface area contributed by atoms with Crippen LogP contribution in [0.5, 0.6) is 0 Å². The fourth-order valence-corrected chi connectivity index (χ4v) is 1.96. The molecule has 0 spiro atoms. The molecule has 116 valence electrons. The summed E-state index contributed by atoms with van der Waals surface area (Å²) in [5, 5.41) is 12.3. The number of nitrogens with zero attached hydrogens (tertiary/aromatic N) is 2. The maximum absolute atomic E-state index is 12.1. The van der Waals surface area contributed by atoms with Crippen molar-refractivity contribution in [2.75, 3.05) is 11.1 Å². The zero-order valence-electron chi connectivity index (χ0n) is 12.1. The molecule has 8 nitrogen and oxygen atoms in total. The van der Waals surface area contributed by atoms with Crippen molar-refractivity contribution in [3.63, 3.8) is 0 Å². The Morgan fingerprint density at radius 2 is 1.77 bits per heavy atom. The van der Waals surface area contributed by atoms with E-state index in [1.807, 2.05) is 0 Å². The van der Waals surface area contributed by atoms with Gasteiger partial charge in [-0.1, -0.05) is 30.3 Å². The van der Waals surface area contributed by atoms with Crippen LogP contribution in [0.2, 0.25) is 0 Å². The topological polar surface area (TPSA) is 119 Å². The minimum absolute atomic E-state index is 0.179. The van der Waals surface area contributed by atoms with Gasteiger partial charge in [-0.05, 0) is 5.56 Å². The molecule has 1 aromatic heterocycles. The molecule has 0 radical (unpaired) electrons. The number of amides is 1. The first-order valence-electron chi connectivity index (χ1n) is 6.44. The average molecular weight is 304 g/mol. The predicted molar refractivity (Wildman–Crippen MR) is 81.4 cm³/mol. The largest absolute Gasteiger partial charge is 0.383 e. The van der Waals surface area contributed by atoms with Crippen LogP contribution in [-0.2, 0) is 18.9 Å². The highest BCUT2D eigenvalue weighted by atomic mass is 16.3. The third-order valence-corrected chi connectivity index (χ3v) is 3.32. The lowest BCUT2D eigenvalue weighted by Gasteiger charge is -2.15. The zero-order valence-corrected chi connectivity index (χ0v) is 12.1. The Bertz CT molecular complexity index is 823. The summed E-state index contributed by atoms with van der Waals surface area (Å²) in [4.78, 5) is 35.8. The van der Waals surface area contributed by atoms with Gasteiger partial charge in [-0.2, -0.15) is 0 Å². The van der Waals surface area contributed by atoms with Crippen LogP contribution in [0, 0.1) is 0 Å². The van der Waals surface area contributed by atoms with Gasteiger partial charge in [0.25, 0.3) is 11.5 Å². The third-order valence-electron chi connectivity index (χ3n) is 3.32. The van der Waals surface area contributed by atoms with Crippen molar-refractivity contribution in [1.82, 2.24) is 9.13 Å². The summed E-state index contributed by atoms with van der Waals surface area (Å²) in [6.07, 6.45) is -1.46. The lowest BCUT2D eigenvalue weighted by Crippen LogP contribution is -2.40. The van der Waals surface area contributed by atoms with Gasteiger partial charge in [0.05, 0.1) is 0 Å². The van der Waals surface area contributed by atoms with Gasteiger partial charge in [-0.15, -0.1) is 0 Å². The highest BCUT2D eigenvalue weighted by Crippen LogP contribution is 2.16. The van der Waals surface area contributed by atoms with Gasteiger partial charge in [0.2, 0.25) is 0 Å². The number of benzene rings is 1. The van der Waals surface area contributed by atoms with Crippen LogP contribution in [0.3, 0.4) is 0 Å². The second-order valence-electron chi connectivity index (χ2n) is 4.77. The van der Waals surface area contributed by atoms with Gasteiger partial charge >= 0.3 is 5.69 Å². The first-order valence-corrected chi connectivity index (χ1v) is 6.44. The quantitative estimate of drug-likeness (QED) is 0.695. The summed E-state index contributed by atoms with van der Waals surface area (Å²) >= 11 is 0. The van der Waals surface area contributed by atoms with Gasteiger partial charge in [0.1, 0.15) is 11.5 Å². The van der Waals surface area contributed by atoms with Crippen molar-refractivity contribution in [3.8, 4) is 0 Å². The fourth-order valence-electron chi connectivity index (χ4n) is 1.96. The molecule has 0 bridgehead atoms. The molecule has 1 heterocycles. The Kier molecular flexibility index (Phi) is 4.13. The van der Waals surface area contributed by atoms with E-state index >= 15 is 0 Å². The number of rotatable bonds is 3. The number of carbonyl (C=O) groups excluding carboxylic acids is 1. The van der Waals surface area contributed by atoms with Gasteiger partial charge in [0.15, 0.2) is 6.10 Å². The van der Waals surface area contributed by atoms with Crippen molar-refractivity contribution < 1.29 is 9.90 Å². The Balaban J connectivity index is 2.38. The maximum Gasteiger partial charge on any atom is 0.332 e. The molecule has 0 saturated heterocycles. The van der Waals surface area contributed by atoms with E-state index in [2.05, 4.69) is 5.32 Å². The number of carbonyl (C=O) groups is 1. The molecule has 2 rings (SSSR count). The molecule has 0 aliphatic heterocycles. The number of nitrogens with one attached hydrogen (secondary N) is 1. The molecule has 1 aromatic carbocycles. The van der Waals surface area contributed by atoms with Crippen LogP contribution in [0.25, 0.3) is 0 Å². The highest BCUT2D eigenvalue weighted by molar-refractivity contribution is 5.96. The number of hydrogen-bond donors (Lipinski definition) is 3. The molecule has 0 aliphatic rings. The first kappa shape index (κ1) is 15.5. The molecule has 0 saturated carbocycles. The lowest BCUT2D eigenvalue weighted by molar-refractivity contribution is -0.124. The van der Waals surface area contributed by atoms with Crippen LogP contribution >= 0.6 is 0 Å². The van der Waals surface area contributed by atoms with E-state index in [1.54, 1.807) is 30.3 Å². The minimum Gasteiger partial charge on any atom is -0.383 e. The van der Waals surface area contributed by atoms with Crippen molar-refractivity contribution in [1.29, 1.82) is 0 Å². The third kappa shape index (κ3) is 2.63. The van der Waals surface area contributed by atoms with Crippen LogP contribution in [0.4, 0.5) is 11.5 Å². The molecule has 4 N–H and O–H groups in total. The van der Waals surface area contributed by atoms with Crippen LogP contribution in [-0.4, -0.2) is 20.1 Å². The summed E-state index contributed by atoms with van der Waals surface area (Å²) in [6.45, 7) is 0. The number of aliphatic hydroxyl groups is 1. The second kappa shape index (κ2) is 5.86. The molecule has 0 aliphatic carbocycles. The van der Waals surface area contributed by atoms with Crippen molar-refractivity contribution in [2.24, 2.45) is 14.1 Å². The van der Waals surface area contributed by atoms with Crippen molar-refractivity contribution >= 4 is 17.4 Å². The molecule has 8 heteroatoms. The molecular formula is C14H16N4O4. The Morgan fingerprint density at radius 3 is 2.36 bits per heavy atom. The Hall–Kier alpha value is -2.87. The fraction of sp³-hybridized carbons (Fsp3) is 0.214. The smallest absolute Gasteiger partial charge is 0.332 e.